The van der Waals surface area contributed by atoms with Gasteiger partial charge in [-0.1, -0.05) is 72.6 Å². The van der Waals surface area contributed by atoms with E-state index in [1.54, 1.807) is 0 Å². The van der Waals surface area contributed by atoms with Gasteiger partial charge in [0.1, 0.15) is 6.07 Å². The first kappa shape index (κ1) is 30.5. The van der Waals surface area contributed by atoms with Crippen LogP contribution < -0.4 is 0 Å². The molecule has 0 aromatic heterocycles. The molecule has 232 valence electrons. The Hall–Kier alpha value is -2.48. The van der Waals surface area contributed by atoms with Crippen LogP contribution in [-0.2, 0) is 14.4 Å². The highest BCUT2D eigenvalue weighted by molar-refractivity contribution is 6.04. The topological polar surface area (TPSA) is 78.2 Å². The van der Waals surface area contributed by atoms with Crippen molar-refractivity contribution in [3.63, 3.8) is 0 Å². The van der Waals surface area contributed by atoms with E-state index in [1.807, 2.05) is 39.0 Å². The predicted molar refractivity (Wildman–Crippen MR) is 168 cm³/mol. The van der Waals surface area contributed by atoms with Gasteiger partial charge in [-0.15, -0.1) is 0 Å². The van der Waals surface area contributed by atoms with Crippen molar-refractivity contribution in [1.29, 1.82) is 5.26 Å². The molecule has 0 N–H and O–H groups in total. The van der Waals surface area contributed by atoms with Gasteiger partial charge in [0.15, 0.2) is 11.6 Å². The summed E-state index contributed by atoms with van der Waals surface area (Å²) < 4.78 is 0. The molecular weight excluding hydrogens is 532 g/mol. The second-order valence-corrected chi connectivity index (χ2v) is 17.8. The Kier molecular flexibility index (Phi) is 6.42. The minimum atomic E-state index is -0.660. The molecule has 0 aromatic carbocycles. The number of nitrogens with zero attached hydrogens (tertiary/aromatic N) is 2. The summed E-state index contributed by atoms with van der Waals surface area (Å²) in [5, 5.41) is 10.0. The van der Waals surface area contributed by atoms with Crippen molar-refractivity contribution in [2.24, 2.45) is 49.7 Å². The highest BCUT2D eigenvalue weighted by Gasteiger charge is 2.73. The van der Waals surface area contributed by atoms with Crippen LogP contribution in [0.3, 0.4) is 0 Å². The Bertz CT molecular complexity index is 1460. The molecule has 0 bridgehead atoms. The monoisotopic (exact) mass is 584 g/mol. The largest absolute Gasteiger partial charge is 0.338 e. The Morgan fingerprint density at radius 1 is 0.907 bits per heavy atom. The molecule has 6 rings (SSSR count). The van der Waals surface area contributed by atoms with E-state index >= 15 is 0 Å². The van der Waals surface area contributed by atoms with Gasteiger partial charge in [0, 0.05) is 35.9 Å². The van der Waals surface area contributed by atoms with Gasteiger partial charge in [-0.25, -0.2) is 0 Å². The normalized spacial score (nSPS) is 45.0. The molecule has 1 heterocycles. The molecule has 3 saturated carbocycles. The SMILES string of the molecule is CC1=CC(=O)N(C[C@]23CCC(C)(C)C[C@@]2(C)[C@H]2C(=O)C=C4[C@@]5(C)C=C(C#N)C(=O)C(C)(C)C5CC[C@@]4(C)[C@]2(C)CC3)CC1. The van der Waals surface area contributed by atoms with Crippen LogP contribution in [0, 0.1) is 61.1 Å². The molecule has 5 aliphatic carbocycles. The molecule has 1 unspecified atom stereocenters. The van der Waals surface area contributed by atoms with Crippen LogP contribution in [0.5, 0.6) is 0 Å². The van der Waals surface area contributed by atoms with Crippen LogP contribution in [0.25, 0.3) is 0 Å². The minimum absolute atomic E-state index is 0.0467. The van der Waals surface area contributed by atoms with Crippen LogP contribution >= 0.6 is 0 Å². The summed E-state index contributed by atoms with van der Waals surface area (Å²) in [6, 6.07) is 2.22. The minimum Gasteiger partial charge on any atom is -0.338 e. The number of rotatable bonds is 2. The maximum atomic E-state index is 14.9. The molecule has 0 spiro atoms. The Morgan fingerprint density at radius 2 is 1.58 bits per heavy atom. The number of carbonyl (C=O) groups is 3. The Morgan fingerprint density at radius 3 is 2.23 bits per heavy atom. The molecule has 1 aliphatic heterocycles. The fourth-order valence-electron chi connectivity index (χ4n) is 12.2. The quantitative estimate of drug-likeness (QED) is 0.332. The van der Waals surface area contributed by atoms with Crippen molar-refractivity contribution < 1.29 is 14.4 Å². The summed E-state index contributed by atoms with van der Waals surface area (Å²) in [5.41, 5.74) is 0.619. The van der Waals surface area contributed by atoms with E-state index in [4.69, 9.17) is 0 Å². The number of fused-ring (bicyclic) bond motifs is 7. The first-order chi connectivity index (χ1) is 19.8. The van der Waals surface area contributed by atoms with Crippen molar-refractivity contribution in [1.82, 2.24) is 4.90 Å². The number of amides is 1. The molecule has 5 nitrogen and oxygen atoms in total. The van der Waals surface area contributed by atoms with Gasteiger partial charge in [0.25, 0.3) is 0 Å². The van der Waals surface area contributed by atoms with Gasteiger partial charge in [0.2, 0.25) is 5.91 Å². The molecule has 1 amide bonds. The molecule has 3 fully saturated rings. The van der Waals surface area contributed by atoms with Gasteiger partial charge >= 0.3 is 0 Å². The molecule has 0 aromatic rings. The van der Waals surface area contributed by atoms with Crippen LogP contribution in [0.15, 0.2) is 34.9 Å². The summed E-state index contributed by atoms with van der Waals surface area (Å²) in [4.78, 5) is 43.6. The number of hydrogen-bond donors (Lipinski definition) is 0. The Balaban J connectivity index is 1.50. The average Bonchev–Trinajstić information content (AvgIpc) is 2.89. The van der Waals surface area contributed by atoms with E-state index in [0.717, 1.165) is 75.6 Å². The van der Waals surface area contributed by atoms with E-state index in [2.05, 4.69) is 52.5 Å². The average molecular weight is 585 g/mol. The van der Waals surface area contributed by atoms with E-state index in [9.17, 15) is 19.6 Å². The molecule has 0 radical (unpaired) electrons. The lowest BCUT2D eigenvalue weighted by molar-refractivity contribution is -0.211. The molecule has 7 atom stereocenters. The maximum Gasteiger partial charge on any atom is 0.246 e. The summed E-state index contributed by atoms with van der Waals surface area (Å²) in [7, 11) is 0. The number of nitriles is 1. The predicted octanol–water partition coefficient (Wildman–Crippen LogP) is 7.77. The first-order valence-electron chi connectivity index (χ1n) is 16.7. The third kappa shape index (κ3) is 3.83. The van der Waals surface area contributed by atoms with E-state index < -0.39 is 10.8 Å². The van der Waals surface area contributed by atoms with Crippen molar-refractivity contribution in [3.8, 4) is 6.07 Å². The fraction of sp³-hybridized carbons (Fsp3) is 0.737. The zero-order valence-electron chi connectivity index (χ0n) is 28.1. The zero-order valence-corrected chi connectivity index (χ0v) is 28.1. The zero-order chi connectivity index (χ0) is 31.6. The van der Waals surface area contributed by atoms with E-state index in [1.165, 1.54) is 0 Å². The lowest BCUT2D eigenvalue weighted by atomic mass is 9.31. The van der Waals surface area contributed by atoms with Gasteiger partial charge in [0.05, 0.1) is 5.57 Å². The van der Waals surface area contributed by atoms with Crippen molar-refractivity contribution in [2.45, 2.75) is 114 Å². The van der Waals surface area contributed by atoms with Crippen LogP contribution in [0.4, 0.5) is 0 Å². The maximum absolute atomic E-state index is 14.9. The van der Waals surface area contributed by atoms with Crippen LogP contribution in [0.2, 0.25) is 0 Å². The molecule has 5 heteroatoms. The highest BCUT2D eigenvalue weighted by Crippen LogP contribution is 2.77. The molecular formula is C38H52N2O3. The van der Waals surface area contributed by atoms with Gasteiger partial charge in [-0.05, 0) is 97.4 Å². The highest BCUT2D eigenvalue weighted by atomic mass is 16.2. The van der Waals surface area contributed by atoms with Gasteiger partial charge in [-0.3, -0.25) is 14.4 Å². The Labute approximate surface area is 259 Å². The standard InChI is InChI=1S/C38H52N2O3/c1-24-11-17-40(29(42)18-24)23-38-15-13-32(2,3)22-37(38,9)30-26(41)19-28-34(6)20-25(21-39)31(43)33(4,5)27(34)10-12-35(28,7)36(30,8)14-16-38/h18-20,27,30H,10-17,22-23H2,1-9H3/t27?,30-,34-,35+,36+,37-,38+/m0/s1. The van der Waals surface area contributed by atoms with Crippen molar-refractivity contribution in [3.05, 3.63) is 34.9 Å². The van der Waals surface area contributed by atoms with Crippen molar-refractivity contribution in [2.75, 3.05) is 13.1 Å². The molecule has 6 aliphatic rings. The third-order valence-electron chi connectivity index (χ3n) is 14.6. The smallest absolute Gasteiger partial charge is 0.246 e. The number of carbonyl (C=O) groups excluding carboxylic acids is 3. The first-order valence-corrected chi connectivity index (χ1v) is 16.7. The fourth-order valence-corrected chi connectivity index (χ4v) is 12.2. The van der Waals surface area contributed by atoms with Gasteiger partial charge < -0.3 is 4.90 Å². The summed E-state index contributed by atoms with van der Waals surface area (Å²) in [5.74, 6) is 0.194. The van der Waals surface area contributed by atoms with E-state index in [0.29, 0.717) is 0 Å². The number of ketones is 2. The second-order valence-electron chi connectivity index (χ2n) is 17.8. The lowest BCUT2D eigenvalue weighted by Crippen LogP contribution is -2.69. The number of Topliss-reactive ketones (excluding diaryl/α,β-unsaturated/α-hetero) is 1. The van der Waals surface area contributed by atoms with Gasteiger partial charge in [-0.2, -0.15) is 5.26 Å². The summed E-state index contributed by atoms with van der Waals surface area (Å²) in [6.45, 7) is 21.7. The summed E-state index contributed by atoms with van der Waals surface area (Å²) in [6.07, 6.45) is 13.6. The molecule has 43 heavy (non-hydrogen) atoms. The number of hydrogen-bond acceptors (Lipinski definition) is 4. The molecule has 0 saturated heterocycles. The van der Waals surface area contributed by atoms with E-state index in [-0.39, 0.29) is 62.0 Å². The third-order valence-corrected chi connectivity index (χ3v) is 14.6. The lowest BCUT2D eigenvalue weighted by Gasteiger charge is -2.73. The second kappa shape index (κ2) is 9.04. The van der Waals surface area contributed by atoms with Crippen LogP contribution in [0.1, 0.15) is 114 Å². The van der Waals surface area contributed by atoms with Crippen molar-refractivity contribution >= 4 is 17.5 Å². The van der Waals surface area contributed by atoms with Crippen LogP contribution in [-0.4, -0.2) is 35.5 Å². The summed E-state index contributed by atoms with van der Waals surface area (Å²) >= 11 is 0. The number of allylic oxidation sites excluding steroid dienone is 4.